The van der Waals surface area contributed by atoms with Gasteiger partial charge in [-0.15, -0.1) is 0 Å². The summed E-state index contributed by atoms with van der Waals surface area (Å²) in [6, 6.07) is 0. The van der Waals surface area contributed by atoms with Crippen LogP contribution in [0, 0.1) is 0 Å². The van der Waals surface area contributed by atoms with E-state index < -0.39 is 0 Å². The standard InChI is InChI=1S/C16H29NO2/c1-4-7-10-13-16(18)19-15-12-9-8-11-14-17(5-2)6-3/h4,7,10,13H,5-6,8-9,11-12,14-15H2,1-3H3. The molecule has 0 bridgehead atoms. The lowest BCUT2D eigenvalue weighted by Gasteiger charge is -2.17. The molecular weight excluding hydrogens is 238 g/mol. The smallest absolute Gasteiger partial charge is 0.330 e. The highest BCUT2D eigenvalue weighted by atomic mass is 16.5. The number of ether oxygens (including phenoxy) is 1. The second-order valence-electron chi connectivity index (χ2n) is 4.49. The van der Waals surface area contributed by atoms with E-state index in [4.69, 9.17) is 4.74 Å². The van der Waals surface area contributed by atoms with Gasteiger partial charge in [0.05, 0.1) is 6.61 Å². The largest absolute Gasteiger partial charge is 0.463 e. The molecule has 0 rings (SSSR count). The number of carbonyl (C=O) groups is 1. The summed E-state index contributed by atoms with van der Waals surface area (Å²) < 4.78 is 5.09. The van der Waals surface area contributed by atoms with Gasteiger partial charge >= 0.3 is 5.97 Å². The summed E-state index contributed by atoms with van der Waals surface area (Å²) in [5, 5.41) is 0. The van der Waals surface area contributed by atoms with Crippen LogP contribution in [0.2, 0.25) is 0 Å². The fourth-order valence-electron chi connectivity index (χ4n) is 1.80. The molecule has 0 saturated carbocycles. The summed E-state index contributed by atoms with van der Waals surface area (Å²) in [7, 11) is 0. The predicted molar refractivity (Wildman–Crippen MR) is 81.2 cm³/mol. The van der Waals surface area contributed by atoms with E-state index in [1.165, 1.54) is 25.5 Å². The van der Waals surface area contributed by atoms with Gasteiger partial charge in [0.25, 0.3) is 0 Å². The number of hydrogen-bond donors (Lipinski definition) is 0. The van der Waals surface area contributed by atoms with E-state index in [2.05, 4.69) is 18.7 Å². The second-order valence-corrected chi connectivity index (χ2v) is 4.49. The zero-order valence-electron chi connectivity index (χ0n) is 12.7. The lowest BCUT2D eigenvalue weighted by Crippen LogP contribution is -2.23. The minimum absolute atomic E-state index is 0.249. The number of hydrogen-bond acceptors (Lipinski definition) is 3. The van der Waals surface area contributed by atoms with Gasteiger partial charge in [-0.2, -0.15) is 0 Å². The Labute approximate surface area is 118 Å². The number of nitrogens with zero attached hydrogens (tertiary/aromatic N) is 1. The molecule has 19 heavy (non-hydrogen) atoms. The minimum Gasteiger partial charge on any atom is -0.463 e. The first-order chi connectivity index (χ1) is 9.24. The van der Waals surface area contributed by atoms with Crippen LogP contribution in [0.1, 0.15) is 46.5 Å². The van der Waals surface area contributed by atoms with Crippen LogP contribution in [-0.4, -0.2) is 37.1 Å². The first-order valence-corrected chi connectivity index (χ1v) is 7.43. The molecule has 0 aliphatic carbocycles. The molecule has 0 fully saturated rings. The van der Waals surface area contributed by atoms with Crippen molar-refractivity contribution < 1.29 is 9.53 Å². The van der Waals surface area contributed by atoms with Crippen LogP contribution >= 0.6 is 0 Å². The van der Waals surface area contributed by atoms with E-state index in [-0.39, 0.29) is 5.97 Å². The molecule has 3 heteroatoms. The second kappa shape index (κ2) is 13.3. The van der Waals surface area contributed by atoms with Gasteiger partial charge in [0.2, 0.25) is 0 Å². The Morgan fingerprint density at radius 2 is 1.74 bits per heavy atom. The summed E-state index contributed by atoms with van der Waals surface area (Å²) in [4.78, 5) is 13.7. The van der Waals surface area contributed by atoms with E-state index in [1.54, 1.807) is 6.08 Å². The van der Waals surface area contributed by atoms with Crippen molar-refractivity contribution >= 4 is 5.97 Å². The molecule has 110 valence electrons. The van der Waals surface area contributed by atoms with Gasteiger partial charge in [0, 0.05) is 6.08 Å². The molecule has 0 radical (unpaired) electrons. The van der Waals surface area contributed by atoms with Crippen LogP contribution in [0.25, 0.3) is 0 Å². The zero-order chi connectivity index (χ0) is 14.3. The Kier molecular flexibility index (Phi) is 12.6. The monoisotopic (exact) mass is 267 g/mol. The average Bonchev–Trinajstić information content (AvgIpc) is 2.42. The van der Waals surface area contributed by atoms with Crippen molar-refractivity contribution in [3.63, 3.8) is 0 Å². The maximum absolute atomic E-state index is 11.2. The van der Waals surface area contributed by atoms with Crippen LogP contribution in [0.3, 0.4) is 0 Å². The molecule has 0 aromatic heterocycles. The SMILES string of the molecule is CC=CC=CC(=O)OCCCCCCN(CC)CC. The Morgan fingerprint density at radius 3 is 2.37 bits per heavy atom. The summed E-state index contributed by atoms with van der Waals surface area (Å²) in [6.07, 6.45) is 11.4. The van der Waals surface area contributed by atoms with E-state index in [1.807, 2.05) is 19.1 Å². The lowest BCUT2D eigenvalue weighted by atomic mass is 10.2. The molecule has 0 spiro atoms. The summed E-state index contributed by atoms with van der Waals surface area (Å²) >= 11 is 0. The molecule has 0 heterocycles. The zero-order valence-corrected chi connectivity index (χ0v) is 12.7. The Bertz CT molecular complexity index is 268. The van der Waals surface area contributed by atoms with Gasteiger partial charge in [0.1, 0.15) is 0 Å². The molecule has 3 nitrogen and oxygen atoms in total. The number of esters is 1. The van der Waals surface area contributed by atoms with Crippen molar-refractivity contribution in [1.29, 1.82) is 0 Å². The predicted octanol–water partition coefficient (Wildman–Crippen LogP) is 3.56. The number of allylic oxidation sites excluding steroid dienone is 3. The first-order valence-electron chi connectivity index (χ1n) is 7.43. The van der Waals surface area contributed by atoms with Crippen molar-refractivity contribution in [2.45, 2.75) is 46.5 Å². The molecule has 0 atom stereocenters. The number of rotatable bonds is 11. The van der Waals surface area contributed by atoms with Crippen LogP contribution in [-0.2, 0) is 9.53 Å². The first kappa shape index (κ1) is 17.9. The van der Waals surface area contributed by atoms with Gasteiger partial charge in [-0.3, -0.25) is 0 Å². The summed E-state index contributed by atoms with van der Waals surface area (Å²) in [5.74, 6) is -0.249. The van der Waals surface area contributed by atoms with Crippen LogP contribution in [0.15, 0.2) is 24.3 Å². The summed E-state index contributed by atoms with van der Waals surface area (Å²) in [5.41, 5.74) is 0. The highest BCUT2D eigenvalue weighted by molar-refractivity contribution is 5.82. The molecular formula is C16H29NO2. The molecule has 0 N–H and O–H groups in total. The highest BCUT2D eigenvalue weighted by Crippen LogP contribution is 2.02. The van der Waals surface area contributed by atoms with Crippen molar-refractivity contribution in [2.24, 2.45) is 0 Å². The normalized spacial score (nSPS) is 11.8. The van der Waals surface area contributed by atoms with Crippen molar-refractivity contribution in [3.8, 4) is 0 Å². The van der Waals surface area contributed by atoms with Crippen LogP contribution < -0.4 is 0 Å². The molecule has 0 saturated heterocycles. The van der Waals surface area contributed by atoms with E-state index >= 15 is 0 Å². The van der Waals surface area contributed by atoms with E-state index in [0.717, 1.165) is 25.9 Å². The van der Waals surface area contributed by atoms with Gasteiger partial charge in [-0.1, -0.05) is 44.9 Å². The number of unbranched alkanes of at least 4 members (excludes halogenated alkanes) is 3. The van der Waals surface area contributed by atoms with Crippen LogP contribution in [0.4, 0.5) is 0 Å². The maximum Gasteiger partial charge on any atom is 0.330 e. The molecule has 0 amide bonds. The van der Waals surface area contributed by atoms with Gasteiger partial charge < -0.3 is 9.64 Å². The summed E-state index contributed by atoms with van der Waals surface area (Å²) in [6.45, 7) is 10.3. The Morgan fingerprint density at radius 1 is 1.05 bits per heavy atom. The van der Waals surface area contributed by atoms with Gasteiger partial charge in [-0.25, -0.2) is 4.79 Å². The van der Waals surface area contributed by atoms with Gasteiger partial charge in [-0.05, 0) is 39.4 Å². The maximum atomic E-state index is 11.2. The molecule has 0 aromatic rings. The molecule has 0 unspecified atom stereocenters. The highest BCUT2D eigenvalue weighted by Gasteiger charge is 1.99. The third-order valence-corrected chi connectivity index (χ3v) is 3.04. The van der Waals surface area contributed by atoms with Crippen LogP contribution in [0.5, 0.6) is 0 Å². The minimum atomic E-state index is -0.249. The lowest BCUT2D eigenvalue weighted by molar-refractivity contribution is -0.137. The Balaban J connectivity index is 3.38. The average molecular weight is 267 g/mol. The number of carbonyl (C=O) groups excluding carboxylic acids is 1. The third-order valence-electron chi connectivity index (χ3n) is 3.04. The third kappa shape index (κ3) is 11.7. The van der Waals surface area contributed by atoms with Crippen molar-refractivity contribution in [3.05, 3.63) is 24.3 Å². The molecule has 0 aromatic carbocycles. The van der Waals surface area contributed by atoms with E-state index in [0.29, 0.717) is 6.61 Å². The van der Waals surface area contributed by atoms with Crippen molar-refractivity contribution in [2.75, 3.05) is 26.2 Å². The fraction of sp³-hybridized carbons (Fsp3) is 0.688. The quantitative estimate of drug-likeness (QED) is 0.248. The van der Waals surface area contributed by atoms with Crippen molar-refractivity contribution in [1.82, 2.24) is 4.90 Å². The molecule has 0 aliphatic heterocycles. The molecule has 0 aliphatic rings. The van der Waals surface area contributed by atoms with E-state index in [9.17, 15) is 4.79 Å². The fourth-order valence-corrected chi connectivity index (χ4v) is 1.80. The topological polar surface area (TPSA) is 29.5 Å². The van der Waals surface area contributed by atoms with Gasteiger partial charge in [0.15, 0.2) is 0 Å². The Hall–Kier alpha value is -1.09.